The number of aromatic nitrogens is 2. The molecule has 23 heavy (non-hydrogen) atoms. The van der Waals surface area contributed by atoms with Crippen molar-refractivity contribution < 1.29 is 0 Å². The van der Waals surface area contributed by atoms with Crippen LogP contribution in [0.15, 0.2) is 36.7 Å². The lowest BCUT2D eigenvalue weighted by molar-refractivity contribution is 0.204. The van der Waals surface area contributed by atoms with Gasteiger partial charge in [0.2, 0.25) is 0 Å². The van der Waals surface area contributed by atoms with Gasteiger partial charge in [-0.1, -0.05) is 38.1 Å². The van der Waals surface area contributed by atoms with Gasteiger partial charge in [-0.25, -0.2) is 0 Å². The average molecular weight is 311 g/mol. The van der Waals surface area contributed by atoms with Crippen LogP contribution in [-0.2, 0) is 13.1 Å². The SMILES string of the molecule is CCn1cc(C2CCN(Cc3ccc(C(C)C)cc3)CC2)cn1. The summed E-state index contributed by atoms with van der Waals surface area (Å²) in [5, 5.41) is 4.42. The zero-order valence-corrected chi connectivity index (χ0v) is 14.7. The number of likely N-dealkylation sites (tertiary alicyclic amines) is 1. The quantitative estimate of drug-likeness (QED) is 0.815. The Morgan fingerprint density at radius 1 is 1.13 bits per heavy atom. The van der Waals surface area contributed by atoms with Crippen LogP contribution >= 0.6 is 0 Å². The molecule has 0 spiro atoms. The van der Waals surface area contributed by atoms with E-state index in [2.05, 4.69) is 67.4 Å². The molecule has 0 N–H and O–H groups in total. The van der Waals surface area contributed by atoms with Crippen LogP contribution in [0.25, 0.3) is 0 Å². The van der Waals surface area contributed by atoms with Gasteiger partial charge < -0.3 is 0 Å². The summed E-state index contributed by atoms with van der Waals surface area (Å²) < 4.78 is 2.04. The number of hydrogen-bond donors (Lipinski definition) is 0. The number of benzene rings is 1. The zero-order valence-electron chi connectivity index (χ0n) is 14.7. The predicted molar refractivity (Wildman–Crippen MR) is 95.7 cm³/mol. The molecule has 3 heteroatoms. The Balaban J connectivity index is 1.52. The van der Waals surface area contributed by atoms with E-state index in [1.54, 1.807) is 0 Å². The van der Waals surface area contributed by atoms with Gasteiger partial charge in [-0.3, -0.25) is 9.58 Å². The van der Waals surface area contributed by atoms with Crippen LogP contribution in [-0.4, -0.2) is 27.8 Å². The molecule has 124 valence electrons. The standard InChI is InChI=1S/C20H29N3/c1-4-23-15-20(13-21-23)19-9-11-22(12-10-19)14-17-5-7-18(8-6-17)16(2)3/h5-8,13,15-16,19H,4,9-12,14H2,1-3H3. The third kappa shape index (κ3) is 4.03. The summed E-state index contributed by atoms with van der Waals surface area (Å²) >= 11 is 0. The Morgan fingerprint density at radius 2 is 1.83 bits per heavy atom. The maximum absolute atomic E-state index is 4.42. The van der Waals surface area contributed by atoms with Crippen molar-refractivity contribution in [2.75, 3.05) is 13.1 Å². The number of rotatable bonds is 5. The lowest BCUT2D eigenvalue weighted by Gasteiger charge is -2.31. The van der Waals surface area contributed by atoms with E-state index in [9.17, 15) is 0 Å². The molecule has 1 aliphatic heterocycles. The van der Waals surface area contributed by atoms with E-state index >= 15 is 0 Å². The fourth-order valence-electron chi connectivity index (χ4n) is 3.45. The summed E-state index contributed by atoms with van der Waals surface area (Å²) in [5.41, 5.74) is 4.29. The van der Waals surface area contributed by atoms with Gasteiger partial charge in [0.1, 0.15) is 0 Å². The van der Waals surface area contributed by atoms with Gasteiger partial charge in [-0.2, -0.15) is 5.10 Å². The minimum absolute atomic E-state index is 0.615. The molecule has 3 rings (SSSR count). The fourth-order valence-corrected chi connectivity index (χ4v) is 3.45. The first kappa shape index (κ1) is 16.3. The van der Waals surface area contributed by atoms with Crippen molar-refractivity contribution >= 4 is 0 Å². The van der Waals surface area contributed by atoms with Gasteiger partial charge in [-0.15, -0.1) is 0 Å². The van der Waals surface area contributed by atoms with Crippen LogP contribution in [0.4, 0.5) is 0 Å². The molecule has 0 atom stereocenters. The van der Waals surface area contributed by atoms with Crippen LogP contribution in [0.5, 0.6) is 0 Å². The Kier molecular flexibility index (Phi) is 5.16. The van der Waals surface area contributed by atoms with E-state index in [-0.39, 0.29) is 0 Å². The van der Waals surface area contributed by atoms with Crippen molar-refractivity contribution in [2.45, 2.75) is 58.5 Å². The van der Waals surface area contributed by atoms with Crippen molar-refractivity contribution in [3.8, 4) is 0 Å². The van der Waals surface area contributed by atoms with Crippen LogP contribution < -0.4 is 0 Å². The molecule has 0 amide bonds. The van der Waals surface area contributed by atoms with Crippen LogP contribution in [0.2, 0.25) is 0 Å². The first-order valence-corrected chi connectivity index (χ1v) is 8.99. The van der Waals surface area contributed by atoms with Gasteiger partial charge in [0.15, 0.2) is 0 Å². The van der Waals surface area contributed by atoms with Gasteiger partial charge >= 0.3 is 0 Å². The molecule has 1 saturated heterocycles. The molecule has 2 aromatic rings. The van der Waals surface area contributed by atoms with E-state index in [0.29, 0.717) is 11.8 Å². The monoisotopic (exact) mass is 311 g/mol. The Morgan fingerprint density at radius 3 is 2.39 bits per heavy atom. The lowest BCUT2D eigenvalue weighted by Crippen LogP contribution is -2.32. The molecule has 0 bridgehead atoms. The largest absolute Gasteiger partial charge is 0.299 e. The molecule has 2 heterocycles. The molecule has 3 nitrogen and oxygen atoms in total. The van der Waals surface area contributed by atoms with Crippen LogP contribution in [0, 0.1) is 0 Å². The maximum Gasteiger partial charge on any atom is 0.0524 e. The maximum atomic E-state index is 4.42. The number of aryl methyl sites for hydroxylation is 1. The predicted octanol–water partition coefficient (Wildman–Crippen LogP) is 4.41. The molecule has 0 radical (unpaired) electrons. The molecule has 1 fully saturated rings. The van der Waals surface area contributed by atoms with Crippen molar-refractivity contribution in [1.29, 1.82) is 0 Å². The van der Waals surface area contributed by atoms with Crippen molar-refractivity contribution in [3.63, 3.8) is 0 Å². The highest BCUT2D eigenvalue weighted by atomic mass is 15.3. The summed E-state index contributed by atoms with van der Waals surface area (Å²) in [6.07, 6.45) is 6.79. The van der Waals surface area contributed by atoms with E-state index < -0.39 is 0 Å². The second-order valence-corrected chi connectivity index (χ2v) is 7.08. The van der Waals surface area contributed by atoms with Gasteiger partial charge in [-0.05, 0) is 61.4 Å². The van der Waals surface area contributed by atoms with Gasteiger partial charge in [0.25, 0.3) is 0 Å². The Bertz CT molecular complexity index is 604. The molecular weight excluding hydrogens is 282 g/mol. The van der Waals surface area contributed by atoms with Crippen LogP contribution in [0.1, 0.15) is 62.1 Å². The molecular formula is C20H29N3. The fraction of sp³-hybridized carbons (Fsp3) is 0.550. The topological polar surface area (TPSA) is 21.1 Å². The normalized spacial score (nSPS) is 17.0. The second-order valence-electron chi connectivity index (χ2n) is 7.08. The minimum Gasteiger partial charge on any atom is -0.299 e. The highest BCUT2D eigenvalue weighted by Gasteiger charge is 2.21. The second kappa shape index (κ2) is 7.31. The average Bonchev–Trinajstić information content (AvgIpc) is 3.05. The molecule has 0 aliphatic carbocycles. The summed E-state index contributed by atoms with van der Waals surface area (Å²) in [4.78, 5) is 2.59. The molecule has 1 aliphatic rings. The van der Waals surface area contributed by atoms with E-state index in [0.717, 1.165) is 13.1 Å². The zero-order chi connectivity index (χ0) is 16.2. The number of nitrogens with zero attached hydrogens (tertiary/aromatic N) is 3. The minimum atomic E-state index is 0.615. The third-order valence-corrected chi connectivity index (χ3v) is 5.09. The van der Waals surface area contributed by atoms with Gasteiger partial charge in [0, 0.05) is 19.3 Å². The van der Waals surface area contributed by atoms with E-state index in [4.69, 9.17) is 0 Å². The Hall–Kier alpha value is -1.61. The Labute approximate surface area is 140 Å². The lowest BCUT2D eigenvalue weighted by atomic mass is 9.91. The first-order valence-electron chi connectivity index (χ1n) is 8.99. The molecule has 0 unspecified atom stereocenters. The smallest absolute Gasteiger partial charge is 0.0524 e. The first-order chi connectivity index (χ1) is 11.2. The summed E-state index contributed by atoms with van der Waals surface area (Å²) in [7, 11) is 0. The van der Waals surface area contributed by atoms with E-state index in [1.807, 2.05) is 4.68 Å². The summed E-state index contributed by atoms with van der Waals surface area (Å²) in [5.74, 6) is 1.30. The molecule has 0 saturated carbocycles. The summed E-state index contributed by atoms with van der Waals surface area (Å²) in [6.45, 7) is 11.1. The third-order valence-electron chi connectivity index (χ3n) is 5.09. The molecule has 1 aromatic carbocycles. The number of piperidine rings is 1. The number of hydrogen-bond acceptors (Lipinski definition) is 2. The highest BCUT2D eigenvalue weighted by Crippen LogP contribution is 2.28. The van der Waals surface area contributed by atoms with Crippen molar-refractivity contribution in [2.24, 2.45) is 0 Å². The highest BCUT2D eigenvalue weighted by molar-refractivity contribution is 5.24. The van der Waals surface area contributed by atoms with Crippen molar-refractivity contribution in [1.82, 2.24) is 14.7 Å². The summed E-state index contributed by atoms with van der Waals surface area (Å²) in [6, 6.07) is 9.16. The van der Waals surface area contributed by atoms with Gasteiger partial charge in [0.05, 0.1) is 6.20 Å². The molecule has 1 aromatic heterocycles. The van der Waals surface area contributed by atoms with E-state index in [1.165, 1.54) is 42.6 Å². The van der Waals surface area contributed by atoms with Crippen LogP contribution in [0.3, 0.4) is 0 Å². The van der Waals surface area contributed by atoms with Crippen molar-refractivity contribution in [3.05, 3.63) is 53.3 Å².